The molecule has 17 heavy (non-hydrogen) atoms. The van der Waals surface area contributed by atoms with Crippen molar-refractivity contribution in [3.8, 4) is 6.07 Å². The van der Waals surface area contributed by atoms with Crippen LogP contribution in [-0.2, 0) is 0 Å². The Bertz CT molecular complexity index is 472. The van der Waals surface area contributed by atoms with Crippen molar-refractivity contribution in [3.05, 3.63) is 46.5 Å². The number of thioether (sulfide) groups is 1. The first-order chi connectivity index (χ1) is 8.11. The number of allylic oxidation sites excluding steroid dienone is 1. The van der Waals surface area contributed by atoms with Gasteiger partial charge in [-0.2, -0.15) is 5.26 Å². The normalized spacial score (nSPS) is 11.4. The zero-order chi connectivity index (χ0) is 12.8. The number of hydrogen-bond donors (Lipinski definition) is 0. The molecule has 88 valence electrons. The van der Waals surface area contributed by atoms with E-state index in [-0.39, 0.29) is 11.4 Å². The average molecular weight is 246 g/mol. The smallest absolute Gasteiger partial charge is 0.206 e. The lowest BCUT2D eigenvalue weighted by molar-refractivity contribution is 0.103. The third-order valence-corrected chi connectivity index (χ3v) is 3.14. The number of carbonyl (C=O) groups is 1. The molecule has 0 aliphatic heterocycles. The van der Waals surface area contributed by atoms with E-state index in [4.69, 9.17) is 5.26 Å². The first kappa shape index (κ1) is 13.3. The van der Waals surface area contributed by atoms with Crippen LogP contribution in [0.5, 0.6) is 0 Å². The Hall–Kier alpha value is -1.73. The number of carbonyl (C=O) groups excluding carboxylic acids is 1. The zero-order valence-electron chi connectivity index (χ0n) is 10.1. The maximum Gasteiger partial charge on any atom is 0.206 e. The second kappa shape index (κ2) is 6.12. The van der Waals surface area contributed by atoms with Crippen molar-refractivity contribution < 1.29 is 4.79 Å². The zero-order valence-corrected chi connectivity index (χ0v) is 10.9. The molecule has 0 N–H and O–H groups in total. The molecular weight excluding hydrogens is 232 g/mol. The van der Waals surface area contributed by atoms with E-state index in [0.717, 1.165) is 0 Å². The van der Waals surface area contributed by atoms with E-state index in [1.165, 1.54) is 11.8 Å². The largest absolute Gasteiger partial charge is 0.371 e. The predicted octanol–water partition coefficient (Wildman–Crippen LogP) is 2.53. The Morgan fingerprint density at radius 3 is 2.29 bits per heavy atom. The molecule has 0 amide bonds. The van der Waals surface area contributed by atoms with Crippen molar-refractivity contribution in [2.45, 2.75) is 0 Å². The number of benzene rings is 1. The van der Waals surface area contributed by atoms with Crippen LogP contribution in [0.25, 0.3) is 0 Å². The van der Waals surface area contributed by atoms with Gasteiger partial charge in [0, 0.05) is 19.7 Å². The first-order valence-electron chi connectivity index (χ1n) is 5.07. The molecule has 0 aliphatic rings. The fourth-order valence-corrected chi connectivity index (χ4v) is 2.15. The van der Waals surface area contributed by atoms with Gasteiger partial charge in [0.2, 0.25) is 5.78 Å². The van der Waals surface area contributed by atoms with Gasteiger partial charge in [-0.25, -0.2) is 0 Å². The number of nitrogens with zero attached hydrogens (tertiary/aromatic N) is 2. The monoisotopic (exact) mass is 246 g/mol. The molecule has 0 bridgehead atoms. The van der Waals surface area contributed by atoms with Crippen LogP contribution in [0.1, 0.15) is 10.4 Å². The number of hydrogen-bond acceptors (Lipinski definition) is 4. The van der Waals surface area contributed by atoms with Gasteiger partial charge < -0.3 is 4.90 Å². The quantitative estimate of drug-likeness (QED) is 0.465. The Morgan fingerprint density at radius 1 is 1.29 bits per heavy atom. The molecule has 0 unspecified atom stereocenters. The molecule has 0 radical (unpaired) electrons. The summed E-state index contributed by atoms with van der Waals surface area (Å²) in [7, 11) is 3.64. The lowest BCUT2D eigenvalue weighted by Crippen LogP contribution is -2.15. The highest BCUT2D eigenvalue weighted by atomic mass is 32.2. The summed E-state index contributed by atoms with van der Waals surface area (Å²) in [4.78, 5) is 13.9. The number of Topliss-reactive ketones (excluding diaryl/α,β-unsaturated/α-hetero) is 1. The van der Waals surface area contributed by atoms with Crippen LogP contribution in [0.4, 0.5) is 0 Å². The second-order valence-corrected chi connectivity index (χ2v) is 4.38. The molecule has 0 saturated carbocycles. The summed E-state index contributed by atoms with van der Waals surface area (Å²) >= 11 is 1.40. The highest BCUT2D eigenvalue weighted by molar-refractivity contribution is 8.02. The number of rotatable bonds is 4. The minimum Gasteiger partial charge on any atom is -0.371 e. The maximum absolute atomic E-state index is 12.2. The van der Waals surface area contributed by atoms with Crippen molar-refractivity contribution in [3.63, 3.8) is 0 Å². The van der Waals surface area contributed by atoms with E-state index in [0.29, 0.717) is 10.6 Å². The van der Waals surface area contributed by atoms with E-state index in [9.17, 15) is 4.79 Å². The SMILES string of the molecule is CSC(=C(C#N)C(=O)c1ccccc1)N(C)C. The van der Waals surface area contributed by atoms with E-state index in [2.05, 4.69) is 0 Å². The molecular formula is C13H14N2OS. The fourth-order valence-electron chi connectivity index (χ4n) is 1.44. The molecule has 1 aromatic carbocycles. The van der Waals surface area contributed by atoms with Gasteiger partial charge in [-0.1, -0.05) is 30.3 Å². The summed E-state index contributed by atoms with van der Waals surface area (Å²) in [6.07, 6.45) is 1.85. The molecule has 0 saturated heterocycles. The van der Waals surface area contributed by atoms with Gasteiger partial charge in [0.15, 0.2) is 0 Å². The van der Waals surface area contributed by atoms with Crippen molar-refractivity contribution in [2.75, 3.05) is 20.4 Å². The minimum atomic E-state index is -0.230. The van der Waals surface area contributed by atoms with Crippen LogP contribution < -0.4 is 0 Å². The Balaban J connectivity index is 3.22. The van der Waals surface area contributed by atoms with Crippen LogP contribution in [0.15, 0.2) is 40.9 Å². The molecule has 1 rings (SSSR count). The summed E-state index contributed by atoms with van der Waals surface area (Å²) < 4.78 is 0. The van der Waals surface area contributed by atoms with Crippen LogP contribution in [0, 0.1) is 11.3 Å². The molecule has 0 aromatic heterocycles. The second-order valence-electron chi connectivity index (χ2n) is 3.59. The van der Waals surface area contributed by atoms with E-state index < -0.39 is 0 Å². The van der Waals surface area contributed by atoms with Crippen LogP contribution in [0.2, 0.25) is 0 Å². The topological polar surface area (TPSA) is 44.1 Å². The van der Waals surface area contributed by atoms with Crippen molar-refractivity contribution in [2.24, 2.45) is 0 Å². The maximum atomic E-state index is 12.2. The predicted molar refractivity (Wildman–Crippen MR) is 70.6 cm³/mol. The molecule has 1 aromatic rings. The number of nitriles is 1. The van der Waals surface area contributed by atoms with Gasteiger partial charge in [0.25, 0.3) is 0 Å². The third-order valence-electron chi connectivity index (χ3n) is 2.19. The van der Waals surface area contributed by atoms with Gasteiger partial charge in [0.05, 0.1) is 5.03 Å². The number of ketones is 1. The average Bonchev–Trinajstić information content (AvgIpc) is 2.35. The van der Waals surface area contributed by atoms with Crippen molar-refractivity contribution >= 4 is 17.5 Å². The van der Waals surface area contributed by atoms with Crippen LogP contribution in [-0.4, -0.2) is 31.0 Å². The third kappa shape index (κ3) is 3.11. The van der Waals surface area contributed by atoms with Gasteiger partial charge in [0.1, 0.15) is 11.6 Å². The molecule has 0 spiro atoms. The van der Waals surface area contributed by atoms with Gasteiger partial charge in [-0.05, 0) is 6.26 Å². The molecule has 3 nitrogen and oxygen atoms in total. The van der Waals surface area contributed by atoms with E-state index in [1.54, 1.807) is 29.2 Å². The van der Waals surface area contributed by atoms with Crippen LogP contribution in [0.3, 0.4) is 0 Å². The molecule has 0 heterocycles. The molecule has 0 aliphatic carbocycles. The summed E-state index contributed by atoms with van der Waals surface area (Å²) in [6.45, 7) is 0. The molecule has 0 atom stereocenters. The lowest BCUT2D eigenvalue weighted by atomic mass is 10.1. The minimum absolute atomic E-state index is 0.189. The van der Waals surface area contributed by atoms with Crippen LogP contribution >= 0.6 is 11.8 Å². The van der Waals surface area contributed by atoms with Gasteiger partial charge in [-0.15, -0.1) is 11.8 Å². The summed E-state index contributed by atoms with van der Waals surface area (Å²) in [5.41, 5.74) is 0.728. The highest BCUT2D eigenvalue weighted by Gasteiger charge is 2.17. The molecule has 0 fully saturated rings. The van der Waals surface area contributed by atoms with Gasteiger partial charge >= 0.3 is 0 Å². The Morgan fingerprint density at radius 2 is 1.88 bits per heavy atom. The highest BCUT2D eigenvalue weighted by Crippen LogP contribution is 2.21. The van der Waals surface area contributed by atoms with Crippen molar-refractivity contribution in [1.82, 2.24) is 4.90 Å². The van der Waals surface area contributed by atoms with E-state index in [1.807, 2.05) is 32.5 Å². The van der Waals surface area contributed by atoms with Crippen molar-refractivity contribution in [1.29, 1.82) is 5.26 Å². The summed E-state index contributed by atoms with van der Waals surface area (Å²) in [5, 5.41) is 9.82. The Labute approximate surface area is 106 Å². The lowest BCUT2D eigenvalue weighted by Gasteiger charge is -2.16. The van der Waals surface area contributed by atoms with E-state index >= 15 is 0 Å². The standard InChI is InChI=1S/C13H14N2OS/c1-15(2)13(17-3)11(9-14)12(16)10-7-5-4-6-8-10/h4-8H,1-3H3. The summed E-state index contributed by atoms with van der Waals surface area (Å²) in [6, 6.07) is 10.8. The Kier molecular flexibility index (Phi) is 4.80. The van der Waals surface area contributed by atoms with Gasteiger partial charge in [-0.3, -0.25) is 4.79 Å². The molecule has 4 heteroatoms. The fraction of sp³-hybridized carbons (Fsp3) is 0.231. The summed E-state index contributed by atoms with van der Waals surface area (Å²) in [5.74, 6) is -0.230. The first-order valence-corrected chi connectivity index (χ1v) is 6.29.